The Kier molecular flexibility index (Phi) is 9.75. The zero-order chi connectivity index (χ0) is 33.3. The van der Waals surface area contributed by atoms with Crippen LogP contribution in [0.5, 0.6) is 5.75 Å². The molecule has 10 heteroatoms. The number of hydrogen-bond donors (Lipinski definition) is 1. The maximum atomic E-state index is 14.8. The van der Waals surface area contributed by atoms with Crippen molar-refractivity contribution in [2.75, 3.05) is 7.05 Å². The van der Waals surface area contributed by atoms with Gasteiger partial charge in [0.05, 0.1) is 5.02 Å². The number of hydrogen-bond acceptors (Lipinski definition) is 6. The van der Waals surface area contributed by atoms with Gasteiger partial charge in [0.25, 0.3) is 5.91 Å². The van der Waals surface area contributed by atoms with Crippen molar-refractivity contribution < 1.29 is 28.6 Å². The molecule has 0 spiro atoms. The van der Waals surface area contributed by atoms with Crippen molar-refractivity contribution in [3.8, 4) is 16.9 Å². The molecule has 3 aromatic carbocycles. The average molecular weight is 665 g/mol. The fourth-order valence-corrected chi connectivity index (χ4v) is 7.45. The van der Waals surface area contributed by atoms with Crippen LogP contribution in [0.25, 0.3) is 21.2 Å². The number of thiophene rings is 1. The fourth-order valence-electron chi connectivity index (χ4n) is 5.94. The van der Waals surface area contributed by atoms with Gasteiger partial charge in [0.1, 0.15) is 22.0 Å². The summed E-state index contributed by atoms with van der Waals surface area (Å²) in [5.74, 6) is -0.871. The lowest BCUT2D eigenvalue weighted by Gasteiger charge is -2.40. The molecule has 1 aromatic heterocycles. The normalized spacial score (nSPS) is 16.7. The standard InChI is InChI=1S/C36H38ClFN2O5S/c1-21(41)22-8-6-9-23(18-22)24-12-17-29(42)25(19-24)20-40(34(43)33-32(37)31-28(38)10-7-11-30(31)46-33)27-15-13-26(14-16-27)39(5)35(44)45-36(2,3)4/h6-12,17-19,26-27,42H,13-16,20H2,1-5H3. The van der Waals surface area contributed by atoms with Crippen molar-refractivity contribution in [3.05, 3.63) is 87.5 Å². The molecule has 0 unspecified atom stereocenters. The third kappa shape index (κ3) is 7.21. The highest BCUT2D eigenvalue weighted by molar-refractivity contribution is 7.21. The quantitative estimate of drug-likeness (QED) is 0.199. The third-order valence-electron chi connectivity index (χ3n) is 8.42. The molecule has 2 amide bonds. The SMILES string of the molecule is CC(=O)c1cccc(-c2ccc(O)c(CN(C(=O)c3sc4cccc(F)c4c3Cl)C3CCC(N(C)C(=O)OC(C)(C)C)CC3)c2)c1. The molecule has 1 aliphatic rings. The third-order valence-corrected chi connectivity index (χ3v) is 10.1. The second-order valence-corrected chi connectivity index (χ2v) is 14.3. The number of ether oxygens (including phenoxy) is 1. The molecule has 4 aromatic rings. The van der Waals surface area contributed by atoms with E-state index < -0.39 is 17.5 Å². The minimum Gasteiger partial charge on any atom is -0.508 e. The van der Waals surface area contributed by atoms with Crippen molar-refractivity contribution in [1.82, 2.24) is 9.80 Å². The van der Waals surface area contributed by atoms with Gasteiger partial charge in [0.15, 0.2) is 5.78 Å². The number of nitrogens with zero attached hydrogens (tertiary/aromatic N) is 2. The first-order valence-electron chi connectivity index (χ1n) is 15.3. The molecule has 1 aliphatic carbocycles. The fraction of sp³-hybridized carbons (Fsp3) is 0.361. The van der Waals surface area contributed by atoms with Crippen LogP contribution in [0.3, 0.4) is 0 Å². The number of carbonyl (C=O) groups excluding carboxylic acids is 3. The molecule has 242 valence electrons. The number of phenolic OH excluding ortho intramolecular Hbond substituents is 1. The Bertz CT molecular complexity index is 1790. The minimum atomic E-state index is -0.612. The highest BCUT2D eigenvalue weighted by atomic mass is 35.5. The van der Waals surface area contributed by atoms with Crippen LogP contribution in [0.1, 0.15) is 79.0 Å². The summed E-state index contributed by atoms with van der Waals surface area (Å²) in [5.41, 5.74) is 2.08. The number of benzene rings is 3. The Labute approximate surface area is 277 Å². The van der Waals surface area contributed by atoms with Crippen LogP contribution in [0.15, 0.2) is 60.7 Å². The van der Waals surface area contributed by atoms with E-state index in [0.717, 1.165) is 22.5 Å². The maximum Gasteiger partial charge on any atom is 0.410 e. The molecule has 0 saturated heterocycles. The van der Waals surface area contributed by atoms with E-state index in [0.29, 0.717) is 41.5 Å². The number of phenols is 1. The van der Waals surface area contributed by atoms with E-state index in [1.165, 1.54) is 13.0 Å². The van der Waals surface area contributed by atoms with Gasteiger partial charge in [0.2, 0.25) is 0 Å². The predicted molar refractivity (Wildman–Crippen MR) is 180 cm³/mol. The van der Waals surface area contributed by atoms with Gasteiger partial charge in [-0.05, 0) is 94.8 Å². The summed E-state index contributed by atoms with van der Waals surface area (Å²) in [5, 5.41) is 11.3. The van der Waals surface area contributed by atoms with E-state index in [-0.39, 0.29) is 51.4 Å². The van der Waals surface area contributed by atoms with Crippen LogP contribution in [-0.2, 0) is 11.3 Å². The van der Waals surface area contributed by atoms with Gasteiger partial charge < -0.3 is 19.6 Å². The number of fused-ring (bicyclic) bond motifs is 1. The lowest BCUT2D eigenvalue weighted by atomic mass is 9.89. The first kappa shape index (κ1) is 33.4. The first-order chi connectivity index (χ1) is 21.7. The monoisotopic (exact) mass is 664 g/mol. The zero-order valence-corrected chi connectivity index (χ0v) is 28.2. The van der Waals surface area contributed by atoms with E-state index >= 15 is 0 Å². The second-order valence-electron chi connectivity index (χ2n) is 12.8. The molecule has 0 aliphatic heterocycles. The molecule has 1 N–H and O–H groups in total. The van der Waals surface area contributed by atoms with Crippen LogP contribution in [-0.4, -0.2) is 57.4 Å². The van der Waals surface area contributed by atoms with E-state index in [2.05, 4.69) is 0 Å². The van der Waals surface area contributed by atoms with Crippen LogP contribution < -0.4 is 0 Å². The lowest BCUT2D eigenvalue weighted by molar-refractivity contribution is 0.0144. The Morgan fingerprint density at radius 2 is 1.63 bits per heavy atom. The Hall–Kier alpha value is -3.95. The smallest absolute Gasteiger partial charge is 0.410 e. The zero-order valence-electron chi connectivity index (χ0n) is 26.6. The minimum absolute atomic E-state index is 0.0242. The largest absolute Gasteiger partial charge is 0.508 e. The highest BCUT2D eigenvalue weighted by Gasteiger charge is 2.35. The summed E-state index contributed by atoms with van der Waals surface area (Å²) in [6.45, 7) is 7.07. The van der Waals surface area contributed by atoms with Crippen molar-refractivity contribution in [2.45, 2.75) is 77.6 Å². The van der Waals surface area contributed by atoms with Gasteiger partial charge in [-0.2, -0.15) is 0 Å². The van der Waals surface area contributed by atoms with E-state index in [4.69, 9.17) is 16.3 Å². The summed E-state index contributed by atoms with van der Waals surface area (Å²) in [4.78, 5) is 42.7. The molecular formula is C36H38ClFN2O5S. The molecule has 0 atom stereocenters. The maximum absolute atomic E-state index is 14.8. The van der Waals surface area contributed by atoms with Crippen LogP contribution in [0.2, 0.25) is 5.02 Å². The molecular weight excluding hydrogens is 627 g/mol. The Balaban J connectivity index is 1.47. The number of amides is 2. The molecule has 7 nitrogen and oxygen atoms in total. The summed E-state index contributed by atoms with van der Waals surface area (Å²) >= 11 is 7.81. The van der Waals surface area contributed by atoms with Crippen molar-refractivity contribution in [3.63, 3.8) is 0 Å². The van der Waals surface area contributed by atoms with Gasteiger partial charge in [-0.15, -0.1) is 11.3 Å². The number of halogens is 2. The molecule has 5 rings (SSSR count). The molecule has 1 saturated carbocycles. The van der Waals surface area contributed by atoms with Gasteiger partial charge in [-0.25, -0.2) is 9.18 Å². The first-order valence-corrected chi connectivity index (χ1v) is 16.5. The van der Waals surface area contributed by atoms with Crippen molar-refractivity contribution >= 4 is 50.8 Å². The van der Waals surface area contributed by atoms with Gasteiger partial charge in [-0.3, -0.25) is 9.59 Å². The van der Waals surface area contributed by atoms with Crippen molar-refractivity contribution in [1.29, 1.82) is 0 Å². The van der Waals surface area contributed by atoms with Crippen LogP contribution in [0.4, 0.5) is 9.18 Å². The summed E-state index contributed by atoms with van der Waals surface area (Å²) in [6, 6.07) is 16.8. The van der Waals surface area contributed by atoms with Gasteiger partial charge in [-0.1, -0.05) is 41.9 Å². The highest BCUT2D eigenvalue weighted by Crippen LogP contribution is 2.40. The average Bonchev–Trinajstić information content (AvgIpc) is 3.36. The molecule has 0 radical (unpaired) electrons. The van der Waals surface area contributed by atoms with Crippen LogP contribution in [0, 0.1) is 5.82 Å². The number of carbonyl (C=O) groups is 3. The van der Waals surface area contributed by atoms with Crippen LogP contribution >= 0.6 is 22.9 Å². The lowest BCUT2D eigenvalue weighted by Crippen LogP contribution is -2.47. The summed E-state index contributed by atoms with van der Waals surface area (Å²) in [6.07, 6.45) is 2.09. The van der Waals surface area contributed by atoms with E-state index in [1.807, 2.05) is 39.0 Å². The molecule has 46 heavy (non-hydrogen) atoms. The number of ketones is 1. The predicted octanol–water partition coefficient (Wildman–Crippen LogP) is 9.09. The van der Waals surface area contributed by atoms with Gasteiger partial charge >= 0.3 is 6.09 Å². The molecule has 0 bridgehead atoms. The van der Waals surface area contributed by atoms with E-state index in [9.17, 15) is 23.9 Å². The van der Waals surface area contributed by atoms with Gasteiger partial charge in [0, 0.05) is 46.9 Å². The number of Topliss-reactive ketones (excluding diaryl/α,β-unsaturated/α-hetero) is 1. The Morgan fingerprint density at radius 1 is 0.978 bits per heavy atom. The molecule has 1 heterocycles. The number of rotatable bonds is 7. The Morgan fingerprint density at radius 3 is 2.28 bits per heavy atom. The summed E-state index contributed by atoms with van der Waals surface area (Å²) < 4.78 is 20.9. The molecule has 1 fully saturated rings. The number of aromatic hydroxyl groups is 1. The van der Waals surface area contributed by atoms with Crippen molar-refractivity contribution in [2.24, 2.45) is 0 Å². The van der Waals surface area contributed by atoms with E-state index in [1.54, 1.807) is 53.2 Å². The summed E-state index contributed by atoms with van der Waals surface area (Å²) in [7, 11) is 1.73. The topological polar surface area (TPSA) is 87.2 Å². The second kappa shape index (κ2) is 13.4.